The first-order valence-corrected chi connectivity index (χ1v) is 7.31. The highest BCUT2D eigenvalue weighted by atomic mass is 35.5. The SMILES string of the molecule is CC.CC.CNCCC(C)Oc1ncc(Cl)c(C)n1. The molecule has 5 heteroatoms. The molecular weight excluding hydrogens is 262 g/mol. The average Bonchev–Trinajstić information content (AvgIpc) is 2.45. The summed E-state index contributed by atoms with van der Waals surface area (Å²) in [7, 11) is 1.91. The Hall–Kier alpha value is -0.870. The number of nitrogens with zero attached hydrogens (tertiary/aromatic N) is 2. The van der Waals surface area contributed by atoms with Gasteiger partial charge >= 0.3 is 6.01 Å². The lowest BCUT2D eigenvalue weighted by molar-refractivity contribution is 0.193. The summed E-state index contributed by atoms with van der Waals surface area (Å²) < 4.78 is 5.53. The molecule has 0 aliphatic rings. The van der Waals surface area contributed by atoms with Gasteiger partial charge in [-0.05, 0) is 33.9 Å². The Morgan fingerprint density at radius 2 is 1.89 bits per heavy atom. The molecule has 1 unspecified atom stereocenters. The van der Waals surface area contributed by atoms with Crippen LogP contribution >= 0.6 is 11.6 Å². The molecule has 0 saturated heterocycles. The lowest BCUT2D eigenvalue weighted by atomic mass is 10.3. The Balaban J connectivity index is 0. The van der Waals surface area contributed by atoms with Gasteiger partial charge < -0.3 is 10.1 Å². The van der Waals surface area contributed by atoms with Crippen molar-refractivity contribution in [3.63, 3.8) is 0 Å². The maximum absolute atomic E-state index is 5.81. The van der Waals surface area contributed by atoms with Crippen LogP contribution in [0.4, 0.5) is 0 Å². The van der Waals surface area contributed by atoms with Crippen molar-refractivity contribution < 1.29 is 4.74 Å². The van der Waals surface area contributed by atoms with E-state index in [4.69, 9.17) is 16.3 Å². The first kappa shape index (κ1) is 20.4. The number of hydrogen-bond donors (Lipinski definition) is 1. The van der Waals surface area contributed by atoms with Crippen molar-refractivity contribution in [1.29, 1.82) is 0 Å². The van der Waals surface area contributed by atoms with Crippen molar-refractivity contribution in [2.24, 2.45) is 0 Å². The number of ether oxygens (including phenoxy) is 1. The highest BCUT2D eigenvalue weighted by Crippen LogP contribution is 2.14. The maximum atomic E-state index is 5.81. The van der Waals surface area contributed by atoms with Crippen molar-refractivity contribution in [3.05, 3.63) is 16.9 Å². The molecule has 0 aliphatic carbocycles. The number of aryl methyl sites for hydroxylation is 1. The maximum Gasteiger partial charge on any atom is 0.316 e. The molecule has 0 aliphatic heterocycles. The number of hydrogen-bond acceptors (Lipinski definition) is 4. The topological polar surface area (TPSA) is 47.0 Å². The third-order valence-corrected chi connectivity index (χ3v) is 2.38. The summed E-state index contributed by atoms with van der Waals surface area (Å²) in [5, 5.41) is 3.62. The van der Waals surface area contributed by atoms with Crippen LogP contribution in [0.5, 0.6) is 6.01 Å². The van der Waals surface area contributed by atoms with Gasteiger partial charge in [0.15, 0.2) is 0 Å². The van der Waals surface area contributed by atoms with E-state index in [1.54, 1.807) is 6.20 Å². The predicted octanol–water partition coefficient (Wildman–Crippen LogP) is 3.87. The first-order valence-electron chi connectivity index (χ1n) is 6.94. The van der Waals surface area contributed by atoms with E-state index >= 15 is 0 Å². The van der Waals surface area contributed by atoms with Crippen LogP contribution in [0.15, 0.2) is 6.20 Å². The van der Waals surface area contributed by atoms with Crippen molar-refractivity contribution in [2.75, 3.05) is 13.6 Å². The smallest absolute Gasteiger partial charge is 0.316 e. The van der Waals surface area contributed by atoms with Crippen molar-refractivity contribution in [3.8, 4) is 6.01 Å². The molecule has 4 nitrogen and oxygen atoms in total. The van der Waals surface area contributed by atoms with Gasteiger partial charge in [-0.1, -0.05) is 39.3 Å². The third kappa shape index (κ3) is 9.68. The third-order valence-electron chi connectivity index (χ3n) is 2.00. The van der Waals surface area contributed by atoms with E-state index in [-0.39, 0.29) is 6.10 Å². The molecule has 0 amide bonds. The Morgan fingerprint density at radius 3 is 2.37 bits per heavy atom. The molecule has 19 heavy (non-hydrogen) atoms. The van der Waals surface area contributed by atoms with Gasteiger partial charge in [-0.3, -0.25) is 0 Å². The highest BCUT2D eigenvalue weighted by Gasteiger charge is 2.07. The second kappa shape index (κ2) is 13.6. The minimum atomic E-state index is 0.0954. The normalized spacial score (nSPS) is 10.5. The molecule has 1 aromatic heterocycles. The van der Waals surface area contributed by atoms with Crippen molar-refractivity contribution >= 4 is 11.6 Å². The zero-order valence-corrected chi connectivity index (χ0v) is 14.0. The van der Waals surface area contributed by atoms with Gasteiger partial charge in [0.05, 0.1) is 16.9 Å². The van der Waals surface area contributed by atoms with E-state index in [1.807, 2.05) is 48.6 Å². The molecule has 0 fully saturated rings. The van der Waals surface area contributed by atoms with Gasteiger partial charge in [0.25, 0.3) is 0 Å². The summed E-state index contributed by atoms with van der Waals surface area (Å²) in [4.78, 5) is 8.14. The summed E-state index contributed by atoms with van der Waals surface area (Å²) in [5.41, 5.74) is 0.738. The van der Waals surface area contributed by atoms with E-state index in [0.717, 1.165) is 18.7 Å². The summed E-state index contributed by atoms with van der Waals surface area (Å²) >= 11 is 5.81. The van der Waals surface area contributed by atoms with Crippen LogP contribution in [0.1, 0.15) is 46.7 Å². The van der Waals surface area contributed by atoms with Gasteiger partial charge in [0.2, 0.25) is 0 Å². The first-order chi connectivity index (χ1) is 9.13. The fraction of sp³-hybridized carbons (Fsp3) is 0.714. The summed E-state index contributed by atoms with van der Waals surface area (Å²) in [5.74, 6) is 0. The molecule has 1 N–H and O–H groups in total. The fourth-order valence-corrected chi connectivity index (χ4v) is 1.17. The van der Waals surface area contributed by atoms with Crippen LogP contribution in [0.3, 0.4) is 0 Å². The molecule has 0 aromatic carbocycles. The van der Waals surface area contributed by atoms with Gasteiger partial charge in [0, 0.05) is 0 Å². The Kier molecular flexibility index (Phi) is 14.6. The van der Waals surface area contributed by atoms with Crippen molar-refractivity contribution in [2.45, 2.75) is 54.1 Å². The fourth-order valence-electron chi connectivity index (χ4n) is 1.07. The Bertz CT molecular complexity index is 322. The Morgan fingerprint density at radius 1 is 1.32 bits per heavy atom. The Labute approximate surface area is 122 Å². The van der Waals surface area contributed by atoms with E-state index in [1.165, 1.54) is 0 Å². The van der Waals surface area contributed by atoms with Crippen molar-refractivity contribution in [1.82, 2.24) is 15.3 Å². The lowest BCUT2D eigenvalue weighted by Crippen LogP contribution is -2.20. The summed E-state index contributed by atoms with van der Waals surface area (Å²) in [6.45, 7) is 12.7. The summed E-state index contributed by atoms with van der Waals surface area (Å²) in [6.07, 6.45) is 2.57. The number of rotatable bonds is 5. The van der Waals surface area contributed by atoms with Crippen LogP contribution in [-0.2, 0) is 0 Å². The van der Waals surface area contributed by atoms with Gasteiger partial charge in [-0.15, -0.1) is 0 Å². The lowest BCUT2D eigenvalue weighted by Gasteiger charge is -2.12. The molecule has 0 saturated carbocycles. The quantitative estimate of drug-likeness (QED) is 0.894. The van der Waals surface area contributed by atoms with E-state index in [2.05, 4.69) is 15.3 Å². The largest absolute Gasteiger partial charge is 0.460 e. The minimum Gasteiger partial charge on any atom is -0.460 e. The monoisotopic (exact) mass is 289 g/mol. The van der Waals surface area contributed by atoms with Crippen LogP contribution in [-0.4, -0.2) is 29.7 Å². The zero-order valence-electron chi connectivity index (χ0n) is 13.2. The zero-order chi connectivity index (χ0) is 15.3. The number of nitrogens with one attached hydrogen (secondary N) is 1. The van der Waals surface area contributed by atoms with Gasteiger partial charge in [0.1, 0.15) is 6.10 Å². The minimum absolute atomic E-state index is 0.0954. The van der Waals surface area contributed by atoms with E-state index in [0.29, 0.717) is 11.0 Å². The van der Waals surface area contributed by atoms with Crippen LogP contribution < -0.4 is 10.1 Å². The van der Waals surface area contributed by atoms with E-state index in [9.17, 15) is 0 Å². The molecule has 112 valence electrons. The summed E-state index contributed by atoms with van der Waals surface area (Å²) in [6, 6.07) is 0.389. The second-order valence-electron chi connectivity index (χ2n) is 3.41. The standard InChI is InChI=1S/C10H16ClN3O.2C2H6/c1-7(4-5-12-3)15-10-13-6-9(11)8(2)14-10;2*1-2/h6-7,12H,4-5H2,1-3H3;2*1-2H3. The van der Waals surface area contributed by atoms with Crippen LogP contribution in [0.2, 0.25) is 5.02 Å². The highest BCUT2D eigenvalue weighted by molar-refractivity contribution is 6.31. The molecule has 1 rings (SSSR count). The molecule has 0 spiro atoms. The predicted molar refractivity (Wildman–Crippen MR) is 83.1 cm³/mol. The van der Waals surface area contributed by atoms with Gasteiger partial charge in [-0.25, -0.2) is 4.98 Å². The van der Waals surface area contributed by atoms with Gasteiger partial charge in [-0.2, -0.15) is 4.98 Å². The molecular formula is C14H28ClN3O. The van der Waals surface area contributed by atoms with E-state index < -0.39 is 0 Å². The molecule has 1 atom stereocenters. The molecule has 0 bridgehead atoms. The second-order valence-corrected chi connectivity index (χ2v) is 3.81. The van der Waals surface area contributed by atoms with Crippen LogP contribution in [0, 0.1) is 6.92 Å². The molecule has 0 radical (unpaired) electrons. The molecule has 1 heterocycles. The number of aromatic nitrogens is 2. The van der Waals surface area contributed by atoms with Crippen LogP contribution in [0.25, 0.3) is 0 Å². The average molecular weight is 290 g/mol. The molecule has 1 aromatic rings. The number of halogens is 1.